The maximum atomic E-state index is 12.4. The van der Waals surface area contributed by atoms with Crippen LogP contribution in [0.4, 0.5) is 4.79 Å². The van der Waals surface area contributed by atoms with Crippen molar-refractivity contribution in [2.75, 3.05) is 6.54 Å². The Morgan fingerprint density at radius 2 is 1.69 bits per heavy atom. The molecule has 1 aliphatic heterocycles. The Bertz CT molecular complexity index is 1030. The van der Waals surface area contributed by atoms with Gasteiger partial charge < -0.3 is 36.4 Å². The van der Waals surface area contributed by atoms with Gasteiger partial charge in [0.25, 0.3) is 0 Å². The third kappa shape index (κ3) is 10.1. The normalized spacial score (nSPS) is 15.4. The van der Waals surface area contributed by atoms with Gasteiger partial charge in [0, 0.05) is 6.54 Å². The summed E-state index contributed by atoms with van der Waals surface area (Å²) in [6.45, 7) is 3.36. The number of amides is 3. The van der Waals surface area contributed by atoms with Crippen molar-refractivity contribution in [2.24, 2.45) is 0 Å². The third-order valence-corrected chi connectivity index (χ3v) is 4.86. The number of ketones is 1. The number of hydrogen-bond acceptors (Lipinski definition) is 6. The molecule has 3 amide bonds. The minimum atomic E-state index is -1.06. The zero-order valence-corrected chi connectivity index (χ0v) is 19.7. The predicted octanol–water partition coefficient (Wildman–Crippen LogP) is 0.0383. The zero-order chi connectivity index (χ0) is 27.1. The van der Waals surface area contributed by atoms with Crippen molar-refractivity contribution < 1.29 is 43.4 Å². The van der Waals surface area contributed by atoms with Gasteiger partial charge in [-0.25, -0.2) is 9.59 Å². The number of aliphatic carboxylic acids is 1. The molecule has 0 aliphatic carbocycles. The average Bonchev–Trinajstić information content (AvgIpc) is 3.34. The van der Waals surface area contributed by atoms with Crippen LogP contribution >= 0.6 is 0 Å². The Balaban J connectivity index is 0.000000697. The molecular weight excluding hydrogens is 474 g/mol. The maximum Gasteiger partial charge on any atom is 0.408 e. The number of benzene rings is 1. The molecule has 1 fully saturated rings. The summed E-state index contributed by atoms with van der Waals surface area (Å²) in [7, 11) is 0. The Hall–Kier alpha value is -4.67. The molecule has 2 rings (SSSR count). The van der Waals surface area contributed by atoms with E-state index < -0.39 is 47.8 Å². The highest BCUT2D eigenvalue weighted by Gasteiger charge is 2.36. The van der Waals surface area contributed by atoms with Gasteiger partial charge in [0.05, 0.1) is 0 Å². The van der Waals surface area contributed by atoms with E-state index in [1.807, 2.05) is 18.2 Å². The lowest BCUT2D eigenvalue weighted by Gasteiger charge is -2.26. The second-order valence-corrected chi connectivity index (χ2v) is 7.58. The molecule has 0 aromatic heterocycles. The van der Waals surface area contributed by atoms with Gasteiger partial charge in [0.2, 0.25) is 11.8 Å². The van der Waals surface area contributed by atoms with E-state index in [0.717, 1.165) is 5.56 Å². The largest absolute Gasteiger partial charge is 0.480 e. The SMILES string of the molecule is CC(NC(=O)OCc1ccccc1)C(=O)NC(C)C(=O)N1CCCC1C(=O)O.[N-]=[N+]=CC(=O)C=[N+]=[N-]. The smallest absolute Gasteiger partial charge is 0.408 e. The zero-order valence-electron chi connectivity index (χ0n) is 19.7. The van der Waals surface area contributed by atoms with E-state index in [9.17, 15) is 29.1 Å². The second-order valence-electron chi connectivity index (χ2n) is 7.58. The van der Waals surface area contributed by atoms with Crippen molar-refractivity contribution in [1.82, 2.24) is 15.5 Å². The van der Waals surface area contributed by atoms with E-state index in [1.54, 1.807) is 12.1 Å². The van der Waals surface area contributed by atoms with Gasteiger partial charge in [-0.2, -0.15) is 9.58 Å². The predicted molar refractivity (Wildman–Crippen MR) is 124 cm³/mol. The van der Waals surface area contributed by atoms with E-state index in [1.165, 1.54) is 18.7 Å². The summed E-state index contributed by atoms with van der Waals surface area (Å²) in [4.78, 5) is 63.7. The summed E-state index contributed by atoms with van der Waals surface area (Å²) in [5, 5.41) is 14.1. The molecule has 1 aromatic carbocycles. The number of Topliss-reactive ketones (excluding diaryl/α,β-unsaturated/α-hetero) is 1. The Morgan fingerprint density at radius 1 is 1.08 bits per heavy atom. The van der Waals surface area contributed by atoms with E-state index in [-0.39, 0.29) is 6.61 Å². The van der Waals surface area contributed by atoms with E-state index in [2.05, 4.69) is 20.2 Å². The van der Waals surface area contributed by atoms with Crippen LogP contribution in [0.15, 0.2) is 30.3 Å². The Morgan fingerprint density at radius 3 is 2.25 bits per heavy atom. The molecule has 0 bridgehead atoms. The fourth-order valence-corrected chi connectivity index (χ4v) is 3.09. The summed E-state index contributed by atoms with van der Waals surface area (Å²) in [6.07, 6.45) is 1.47. The van der Waals surface area contributed by atoms with Crippen LogP contribution < -0.4 is 10.6 Å². The van der Waals surface area contributed by atoms with Crippen LogP contribution in [0.5, 0.6) is 0 Å². The molecule has 1 saturated heterocycles. The average molecular weight is 502 g/mol. The molecule has 0 saturated carbocycles. The number of likely N-dealkylation sites (tertiary alicyclic amines) is 1. The van der Waals surface area contributed by atoms with Gasteiger partial charge in [0.1, 0.15) is 24.7 Å². The molecule has 0 spiro atoms. The van der Waals surface area contributed by atoms with Crippen LogP contribution in [0.1, 0.15) is 32.3 Å². The van der Waals surface area contributed by atoms with Crippen LogP contribution in [0.3, 0.4) is 0 Å². The van der Waals surface area contributed by atoms with Crippen molar-refractivity contribution in [2.45, 2.75) is 51.4 Å². The summed E-state index contributed by atoms with van der Waals surface area (Å²) in [5.41, 5.74) is 16.1. The molecule has 1 heterocycles. The van der Waals surface area contributed by atoms with E-state index in [0.29, 0.717) is 31.8 Å². The van der Waals surface area contributed by atoms with Crippen LogP contribution in [0.25, 0.3) is 11.1 Å². The van der Waals surface area contributed by atoms with Gasteiger partial charge >= 0.3 is 30.3 Å². The van der Waals surface area contributed by atoms with Gasteiger partial charge in [-0.1, -0.05) is 30.3 Å². The monoisotopic (exact) mass is 501 g/mol. The second kappa shape index (κ2) is 15.3. The number of hydrogen-bond donors (Lipinski definition) is 3. The fraction of sp³-hybridized carbons (Fsp3) is 0.409. The number of carboxylic acid groups (broad SMARTS) is 1. The highest BCUT2D eigenvalue weighted by atomic mass is 16.5. The molecule has 36 heavy (non-hydrogen) atoms. The molecule has 14 nitrogen and oxygen atoms in total. The molecule has 192 valence electrons. The first-order valence-corrected chi connectivity index (χ1v) is 10.8. The summed E-state index contributed by atoms with van der Waals surface area (Å²) >= 11 is 0. The fourth-order valence-electron chi connectivity index (χ4n) is 3.09. The Kier molecular flexibility index (Phi) is 12.5. The van der Waals surface area contributed by atoms with Crippen molar-refractivity contribution >= 4 is 42.1 Å². The lowest BCUT2D eigenvalue weighted by atomic mass is 10.2. The molecule has 3 atom stereocenters. The molecule has 1 aromatic rings. The lowest BCUT2D eigenvalue weighted by molar-refractivity contribution is -0.149. The van der Waals surface area contributed by atoms with Crippen LogP contribution in [-0.4, -0.2) is 86.3 Å². The number of carbonyl (C=O) groups excluding carboxylic acids is 4. The van der Waals surface area contributed by atoms with Crippen LogP contribution in [-0.2, 0) is 30.5 Å². The highest BCUT2D eigenvalue weighted by molar-refractivity contribution is 6.50. The number of carboxylic acids is 1. The quantitative estimate of drug-likeness (QED) is 0.239. The van der Waals surface area contributed by atoms with Crippen molar-refractivity contribution in [1.29, 1.82) is 0 Å². The van der Waals surface area contributed by atoms with Crippen LogP contribution in [0.2, 0.25) is 0 Å². The van der Waals surface area contributed by atoms with Gasteiger partial charge in [-0.3, -0.25) is 14.4 Å². The number of alkyl carbamates (subject to hydrolysis) is 1. The van der Waals surface area contributed by atoms with Crippen molar-refractivity contribution in [3.8, 4) is 0 Å². The molecule has 3 unspecified atom stereocenters. The van der Waals surface area contributed by atoms with Gasteiger partial charge in [-0.05, 0) is 32.3 Å². The number of nitrogens with zero attached hydrogens (tertiary/aromatic N) is 5. The third-order valence-electron chi connectivity index (χ3n) is 4.86. The van der Waals surface area contributed by atoms with Crippen LogP contribution in [0, 0.1) is 0 Å². The summed E-state index contributed by atoms with van der Waals surface area (Å²) in [5.74, 6) is -2.75. The first-order valence-electron chi connectivity index (χ1n) is 10.8. The minimum absolute atomic E-state index is 0.0709. The molecule has 1 aliphatic rings. The molecule has 0 radical (unpaired) electrons. The minimum Gasteiger partial charge on any atom is -0.480 e. The van der Waals surface area contributed by atoms with Gasteiger partial charge in [0.15, 0.2) is 0 Å². The first kappa shape index (κ1) is 29.4. The number of rotatable bonds is 9. The number of carbonyl (C=O) groups is 5. The van der Waals surface area contributed by atoms with Crippen molar-refractivity contribution in [3.63, 3.8) is 0 Å². The molecule has 3 N–H and O–H groups in total. The summed E-state index contributed by atoms with van der Waals surface area (Å²) in [6, 6.07) is 6.40. The van der Waals surface area contributed by atoms with Gasteiger partial charge in [-0.15, -0.1) is 0 Å². The van der Waals surface area contributed by atoms with Crippen molar-refractivity contribution in [3.05, 3.63) is 47.0 Å². The van der Waals surface area contributed by atoms with E-state index >= 15 is 0 Å². The molecular formula is C22H27N7O7. The highest BCUT2D eigenvalue weighted by Crippen LogP contribution is 2.18. The summed E-state index contributed by atoms with van der Waals surface area (Å²) < 4.78 is 5.05. The topological polar surface area (TPSA) is 215 Å². The molecule has 14 heteroatoms. The number of nitrogens with one attached hydrogen (secondary N) is 2. The lowest BCUT2D eigenvalue weighted by Crippen LogP contribution is -2.54. The number of ether oxygens (including phenoxy) is 1. The Labute approximate surface area is 206 Å². The van der Waals surface area contributed by atoms with E-state index in [4.69, 9.17) is 15.8 Å². The standard InChI is InChI=1S/C19H25N3O6.C3H2N4O/c1-12(21-19(27)28-11-14-7-4-3-5-8-14)16(23)20-13(2)17(24)22-10-6-9-15(22)18(25)26;4-6-1-3(8)2-7-5/h3-5,7-8,12-13,15H,6,9-11H2,1-2H3,(H,20,23)(H,21,27)(H,25,26);1-2H. The first-order chi connectivity index (χ1) is 17.1. The maximum absolute atomic E-state index is 12.4.